The average molecular weight is 1060 g/mol. The number of allylic oxidation sites excluding steroid dienone is 3. The molecule has 0 spiro atoms. The number of aliphatic imine (C=N–C) groups is 1. The number of ether oxygens (including phenoxy) is 1. The lowest BCUT2D eigenvalue weighted by Crippen LogP contribution is -2.38. The molecule has 10 nitrogen and oxygen atoms in total. The molecule has 1 aliphatic carbocycles. The van der Waals surface area contributed by atoms with Crippen molar-refractivity contribution in [2.24, 2.45) is 32.6 Å². The van der Waals surface area contributed by atoms with Gasteiger partial charge in [-0.3, -0.25) is 19.4 Å². The largest absolute Gasteiger partial charge is 0.481 e. The summed E-state index contributed by atoms with van der Waals surface area (Å²) in [6.07, 6.45) is 13.7. The first-order chi connectivity index (χ1) is 35.4. The molecule has 9 rings (SSSR count). The summed E-state index contributed by atoms with van der Waals surface area (Å²) in [7, 11) is 1.51. The third-order valence-corrected chi connectivity index (χ3v) is 14.6. The van der Waals surface area contributed by atoms with Crippen molar-refractivity contribution in [2.75, 3.05) is 18.1 Å². The molecule has 0 radical (unpaired) electrons. The first-order valence-electron chi connectivity index (χ1n) is 26.2. The maximum atomic E-state index is 12.6. The van der Waals surface area contributed by atoms with E-state index in [9.17, 15) is 19.3 Å². The summed E-state index contributed by atoms with van der Waals surface area (Å²) in [5.74, 6) is 1.40. The van der Waals surface area contributed by atoms with E-state index in [-0.39, 0.29) is 52.2 Å². The number of nitrogens with one attached hydrogen (secondary N) is 1. The fourth-order valence-corrected chi connectivity index (χ4v) is 11.5. The second-order valence-corrected chi connectivity index (χ2v) is 27.2. The van der Waals surface area contributed by atoms with Crippen LogP contribution in [0.4, 0.5) is 11.4 Å². The number of carbonyl (C=O) groups is 3. The van der Waals surface area contributed by atoms with Gasteiger partial charge in [-0.15, -0.1) is 23.1 Å². The highest BCUT2D eigenvalue weighted by molar-refractivity contribution is 8.15. The van der Waals surface area contributed by atoms with Gasteiger partial charge in [0.05, 0.1) is 28.6 Å². The molecule has 1 aromatic heterocycles. The summed E-state index contributed by atoms with van der Waals surface area (Å²) < 4.78 is 7.71. The van der Waals surface area contributed by atoms with Gasteiger partial charge in [-0.2, -0.15) is 0 Å². The van der Waals surface area contributed by atoms with Gasteiger partial charge in [0.2, 0.25) is 0 Å². The number of carboxylic acid groups (broad SMARTS) is 1. The van der Waals surface area contributed by atoms with Crippen molar-refractivity contribution in [1.29, 1.82) is 0 Å². The number of hydrogen-bond donors (Lipinski definition) is 2. The molecule has 0 saturated carbocycles. The number of aliphatic carboxylic acids is 1. The molecule has 4 heterocycles. The molecule has 0 amide bonds. The van der Waals surface area contributed by atoms with E-state index in [0.29, 0.717) is 22.6 Å². The highest BCUT2D eigenvalue weighted by Crippen LogP contribution is 2.38. The van der Waals surface area contributed by atoms with Crippen LogP contribution in [0.15, 0.2) is 127 Å². The van der Waals surface area contributed by atoms with E-state index in [1.807, 2.05) is 60.7 Å². The maximum Gasteiger partial charge on any atom is 0.307 e. The van der Waals surface area contributed by atoms with Crippen LogP contribution in [0.1, 0.15) is 140 Å². The standard InChI is InChI=1S/C18H21NO.C17H20N2OS2.C17H20O3.C12H18NO/c1-18(2,3)11-12-8-9-16-14(10-12)17(20)13-6-4-5-7-15(13)19-16;1-10(20)13-9-21-15(19-13)16-18-12-6-5-11(7-14(12)22-16)8-17(2,3)4;1-11-7-13(9-16(18)19)14-6-5-12(8-15(14)20-11)10-17(2,3)4;1-12(2,3)9-10-5-7-11(8-6-10)13(4)14/h4-10,13,15,19H,11H2,1-3H3;5-7,13H,8-9H2,1-4H3;5-8H,1,9-10H2,2-4H3,(H,18,19);5-8H,9H2,1-4H3/q;;;+1/t;13-;;/m.1../s1. The number of hydrogen-bond acceptors (Lipinski definition) is 10. The average Bonchev–Trinajstić information content (AvgIpc) is 3.96. The minimum absolute atomic E-state index is 0.0198. The van der Waals surface area contributed by atoms with Gasteiger partial charge in [0.15, 0.2) is 18.6 Å². The Balaban J connectivity index is 0.000000166. The van der Waals surface area contributed by atoms with Crippen LogP contribution >= 0.6 is 23.1 Å². The fourth-order valence-electron chi connectivity index (χ4n) is 9.31. The summed E-state index contributed by atoms with van der Waals surface area (Å²) in [6.45, 7) is 32.0. The summed E-state index contributed by atoms with van der Waals surface area (Å²) in [5, 5.41) is 14.3. The lowest BCUT2D eigenvalue weighted by molar-refractivity contribution is -0.428. The zero-order valence-corrected chi connectivity index (χ0v) is 48.9. The van der Waals surface area contributed by atoms with Gasteiger partial charge in [-0.05, 0) is 119 Å². The Bertz CT molecular complexity index is 3090. The van der Waals surface area contributed by atoms with E-state index in [4.69, 9.17) is 9.84 Å². The number of nitrogens with zero attached hydrogens (tertiary/aromatic N) is 3. The van der Waals surface area contributed by atoms with E-state index in [1.54, 1.807) is 36.1 Å². The summed E-state index contributed by atoms with van der Waals surface area (Å²) in [4.78, 5) is 55.2. The van der Waals surface area contributed by atoms with Crippen LogP contribution in [0.2, 0.25) is 0 Å². The number of Topliss-reactive ketones (excluding diaryl/α,β-unsaturated/α-hetero) is 2. The van der Waals surface area contributed by atoms with Crippen molar-refractivity contribution < 1.29 is 29.0 Å². The third-order valence-electron chi connectivity index (χ3n) is 12.4. The zero-order valence-electron chi connectivity index (χ0n) is 47.2. The Hall–Kier alpha value is -6.24. The summed E-state index contributed by atoms with van der Waals surface area (Å²) in [5.41, 5.74) is 11.2. The van der Waals surface area contributed by atoms with E-state index < -0.39 is 5.97 Å². The first kappa shape index (κ1) is 59.0. The van der Waals surface area contributed by atoms with Crippen LogP contribution < -0.4 is 10.1 Å². The van der Waals surface area contributed by atoms with E-state index in [2.05, 4.69) is 147 Å². The molecule has 3 aliphatic heterocycles. The van der Waals surface area contributed by atoms with Gasteiger partial charge in [0, 0.05) is 44.4 Å². The molecule has 0 saturated heterocycles. The first-order valence-corrected chi connectivity index (χ1v) is 28.0. The van der Waals surface area contributed by atoms with Crippen molar-refractivity contribution in [3.63, 3.8) is 0 Å². The van der Waals surface area contributed by atoms with Gasteiger partial charge < -0.3 is 15.2 Å². The summed E-state index contributed by atoms with van der Waals surface area (Å²) >= 11 is 3.31. The van der Waals surface area contributed by atoms with E-state index in [0.717, 1.165) is 74.2 Å². The number of carbonyl (C=O) groups excluding carboxylic acids is 2. The Morgan fingerprint density at radius 2 is 1.30 bits per heavy atom. The van der Waals surface area contributed by atoms with E-state index >= 15 is 0 Å². The van der Waals surface area contributed by atoms with Crippen LogP contribution in [0, 0.1) is 32.5 Å². The molecule has 3 atom stereocenters. The van der Waals surface area contributed by atoms with Gasteiger partial charge in [0.25, 0.3) is 5.69 Å². The molecular weight excluding hydrogens is 985 g/mol. The lowest BCUT2D eigenvalue weighted by atomic mass is 9.81. The number of nitroso groups, excluding NO2 is 1. The zero-order chi connectivity index (χ0) is 55.9. The molecule has 12 heteroatoms. The van der Waals surface area contributed by atoms with Crippen LogP contribution in [0.25, 0.3) is 15.8 Å². The molecule has 0 fully saturated rings. The quantitative estimate of drug-likeness (QED) is 0.138. The number of carboxylic acids is 1. The Kier molecular flexibility index (Phi) is 18.9. The third kappa shape index (κ3) is 17.7. The molecular formula is C64H79N4O6S2+. The van der Waals surface area contributed by atoms with Crippen molar-refractivity contribution in [3.8, 4) is 5.75 Å². The molecule has 2 N–H and O–H groups in total. The number of ketones is 2. The van der Waals surface area contributed by atoms with Crippen LogP contribution in [-0.2, 0) is 35.3 Å². The highest BCUT2D eigenvalue weighted by Gasteiger charge is 2.33. The minimum atomic E-state index is -0.851. The second-order valence-electron chi connectivity index (χ2n) is 25.2. The number of benzene rings is 4. The van der Waals surface area contributed by atoms with Crippen molar-refractivity contribution in [1.82, 2.24) is 4.98 Å². The van der Waals surface area contributed by atoms with Gasteiger partial charge in [-0.1, -0.05) is 150 Å². The van der Waals surface area contributed by atoms with E-state index in [1.165, 1.54) is 34.0 Å². The molecule has 4 aromatic carbocycles. The maximum absolute atomic E-state index is 12.6. The molecule has 2 unspecified atom stereocenters. The molecule has 0 bridgehead atoms. The monoisotopic (exact) mass is 1060 g/mol. The van der Waals surface area contributed by atoms with Gasteiger partial charge in [0.1, 0.15) is 27.6 Å². The van der Waals surface area contributed by atoms with Crippen LogP contribution in [0.5, 0.6) is 5.75 Å². The van der Waals surface area contributed by atoms with Crippen molar-refractivity contribution in [2.45, 2.75) is 134 Å². The second kappa shape index (κ2) is 24.4. The molecule has 76 heavy (non-hydrogen) atoms. The normalized spacial score (nSPS) is 17.6. The predicted molar refractivity (Wildman–Crippen MR) is 318 cm³/mol. The summed E-state index contributed by atoms with van der Waals surface area (Å²) in [6, 6.07) is 26.4. The predicted octanol–water partition coefficient (Wildman–Crippen LogP) is 15.7. The Morgan fingerprint density at radius 3 is 1.88 bits per heavy atom. The van der Waals surface area contributed by atoms with Crippen molar-refractivity contribution in [3.05, 3.63) is 165 Å². The highest BCUT2D eigenvalue weighted by atomic mass is 32.2. The fraction of sp³-hybridized carbons (Fsp3) is 0.422. The SMILES string of the molecule is C=C1C=C(CC(=O)O)c2ccc(CC(C)(C)C)cc2O1.CC(=O)[C@H]1CSC(c2nc3ccc(CC(C)(C)C)cc3s2)=N1.CC(C)(C)Cc1ccc2c(c1)C(=O)C1C=CC=CC1N2.C[N+](=O)c1ccc(CC(C)(C)C)cc1. The molecule has 5 aromatic rings. The number of anilines is 1. The number of rotatable bonds is 9. The Labute approximate surface area is 459 Å². The number of thioether (sulfide) groups is 1. The Morgan fingerprint density at radius 1 is 0.750 bits per heavy atom. The van der Waals surface area contributed by atoms with Gasteiger partial charge >= 0.3 is 5.97 Å². The lowest BCUT2D eigenvalue weighted by Gasteiger charge is -2.32. The van der Waals surface area contributed by atoms with Crippen LogP contribution in [-0.4, -0.2) is 62.3 Å². The smallest absolute Gasteiger partial charge is 0.307 e. The number of aromatic nitrogens is 1. The topological polar surface area (TPSA) is 138 Å². The number of thiazole rings is 1. The molecule has 402 valence electrons. The minimum Gasteiger partial charge on any atom is -0.481 e. The van der Waals surface area contributed by atoms with Crippen molar-refractivity contribution >= 4 is 72.8 Å². The molecule has 4 aliphatic rings. The number of fused-ring (bicyclic) bond motifs is 4. The van der Waals surface area contributed by atoms with Crippen LogP contribution in [0.3, 0.4) is 0 Å². The van der Waals surface area contributed by atoms with Gasteiger partial charge in [-0.25, -0.2) is 4.98 Å².